The Morgan fingerprint density at radius 1 is 0.846 bits per heavy atom. The van der Waals surface area contributed by atoms with Gasteiger partial charge in [0.25, 0.3) is 11.1 Å². The van der Waals surface area contributed by atoms with Gasteiger partial charge in [-0.3, -0.25) is 57.7 Å². The molecule has 2 aliphatic heterocycles. The van der Waals surface area contributed by atoms with E-state index < -0.39 is 53.1 Å². The van der Waals surface area contributed by atoms with Gasteiger partial charge in [-0.2, -0.15) is 29.9 Å². The van der Waals surface area contributed by atoms with Crippen LogP contribution in [-0.2, 0) is 70.8 Å². The van der Waals surface area contributed by atoms with Gasteiger partial charge in [0.1, 0.15) is 38.4 Å². The van der Waals surface area contributed by atoms with Crippen LogP contribution in [0.2, 0.25) is 0 Å². The molecule has 2 saturated heterocycles. The van der Waals surface area contributed by atoms with Crippen molar-refractivity contribution in [3.63, 3.8) is 0 Å². The van der Waals surface area contributed by atoms with Crippen LogP contribution in [0.4, 0.5) is 29.7 Å². The van der Waals surface area contributed by atoms with Gasteiger partial charge in [0.2, 0.25) is 29.6 Å². The summed E-state index contributed by atoms with van der Waals surface area (Å²) in [4.78, 5) is 148. The number of aromatic amines is 2. The zero-order valence-corrected chi connectivity index (χ0v) is 51.8. The minimum Gasteiger partial charge on any atom is -0.475 e. The number of primary amides is 2. The number of hydrogen-bond acceptors (Lipinski definition) is 23. The molecule has 34 nitrogen and oxygen atoms in total. The van der Waals surface area contributed by atoms with Crippen LogP contribution in [0.15, 0.2) is 33.3 Å². The number of urea groups is 1. The number of nitrogens with one attached hydrogen (secondary N) is 6. The fourth-order valence-corrected chi connectivity index (χ4v) is 10.8. The number of carboxylic acids is 1. The molecule has 1 unspecified atom stereocenters. The number of alkyl halides is 4. The number of nitrogens with two attached hydrogens (primary N) is 6. The first kappa shape index (κ1) is 76.8. The van der Waals surface area contributed by atoms with Crippen molar-refractivity contribution >= 4 is 128 Å². The normalized spacial score (nSPS) is 15.3. The first-order valence-electron chi connectivity index (χ1n) is 27.9. The molecule has 4 aromatic heterocycles. The number of aromatic nitrogens is 7. The van der Waals surface area contributed by atoms with Crippen LogP contribution < -0.4 is 66.8 Å². The number of hydrogen-bond donors (Lipinski definition) is 13. The Kier molecular flexibility index (Phi) is 34.1. The lowest BCUT2D eigenvalue weighted by atomic mass is 9.96. The van der Waals surface area contributed by atoms with Crippen LogP contribution in [0.5, 0.6) is 0 Å². The van der Waals surface area contributed by atoms with Gasteiger partial charge in [-0.1, -0.05) is 12.8 Å². The number of Topliss-reactive ketones (excluding diaryl/α,β-unsaturated/α-hetero) is 1. The third-order valence-electron chi connectivity index (χ3n) is 12.5. The Balaban J connectivity index is 0.000000566. The Morgan fingerprint density at radius 2 is 1.46 bits per heavy atom. The average molecular weight is 1350 g/mol. The number of carboxylic acid groups (broad SMARTS) is 1. The van der Waals surface area contributed by atoms with Gasteiger partial charge in [-0.15, -0.1) is 23.4 Å². The number of guanidine groups is 1. The zero-order chi connectivity index (χ0) is 67.6. The van der Waals surface area contributed by atoms with Crippen LogP contribution in [0.25, 0.3) is 22.2 Å². The molecule has 19 N–H and O–H groups in total. The summed E-state index contributed by atoms with van der Waals surface area (Å²) in [7, 11) is 0. The summed E-state index contributed by atoms with van der Waals surface area (Å²) in [5.41, 5.74) is 32.5. The number of esters is 2. The summed E-state index contributed by atoms with van der Waals surface area (Å²) in [6, 6.07) is 0.915. The van der Waals surface area contributed by atoms with E-state index in [0.717, 1.165) is 36.8 Å². The van der Waals surface area contributed by atoms with Crippen molar-refractivity contribution in [2.45, 2.75) is 121 Å². The molecule has 506 valence electrons. The van der Waals surface area contributed by atoms with Crippen LogP contribution in [0.3, 0.4) is 0 Å². The van der Waals surface area contributed by atoms with Gasteiger partial charge in [0, 0.05) is 62.1 Å². The van der Waals surface area contributed by atoms with Crippen molar-refractivity contribution < 1.29 is 80.4 Å². The second kappa shape index (κ2) is 40.3. The van der Waals surface area contributed by atoms with Gasteiger partial charge in [-0.25, -0.2) is 19.6 Å². The molecule has 0 saturated carbocycles. The van der Waals surface area contributed by atoms with E-state index in [2.05, 4.69) is 56.9 Å². The SMILES string of the molecule is CC(N)=O.NC(=O)[C@H](CSCC(=O)OCCOCn1cnc2c(=O)[nH]c(N)cc21)CC(=O)C(CCCN=C(N)N)NC(=O)CCCCCNC(=O)CCCC[C@@H]1SC[C@@H]2NC(=O)N[C@@H]21.Nc1nc2c(ncn2COCCOC(=O)CCl)c(=O)[nH]1.O=C(O)C(F)(F)F. The minimum absolute atomic E-state index is 0.000271. The Bertz CT molecular complexity index is 3220. The second-order valence-electron chi connectivity index (χ2n) is 19.8. The summed E-state index contributed by atoms with van der Waals surface area (Å²) in [6.07, 6.45) is 3.32. The molecule has 91 heavy (non-hydrogen) atoms. The number of anilines is 2. The molecular formula is C51H76ClF3N18O16S2. The van der Waals surface area contributed by atoms with Gasteiger partial charge in [-0.05, 0) is 38.5 Å². The number of rotatable bonds is 35. The lowest BCUT2D eigenvalue weighted by Crippen LogP contribution is -2.43. The maximum Gasteiger partial charge on any atom is 0.490 e. The van der Waals surface area contributed by atoms with E-state index in [1.807, 2.05) is 11.8 Å². The van der Waals surface area contributed by atoms with E-state index in [0.29, 0.717) is 55.1 Å². The highest BCUT2D eigenvalue weighted by Gasteiger charge is 2.42. The van der Waals surface area contributed by atoms with Crippen molar-refractivity contribution in [1.82, 2.24) is 55.3 Å². The van der Waals surface area contributed by atoms with E-state index in [9.17, 15) is 61.1 Å². The summed E-state index contributed by atoms with van der Waals surface area (Å²) in [6.45, 7) is 2.48. The van der Waals surface area contributed by atoms with Gasteiger partial charge < -0.3 is 89.3 Å². The summed E-state index contributed by atoms with van der Waals surface area (Å²) < 4.78 is 55.6. The molecule has 40 heteroatoms. The number of thioether (sulfide) groups is 2. The molecule has 0 spiro atoms. The van der Waals surface area contributed by atoms with Crippen molar-refractivity contribution in [3.8, 4) is 0 Å². The van der Waals surface area contributed by atoms with Crippen molar-refractivity contribution in [1.29, 1.82) is 0 Å². The third-order valence-corrected chi connectivity index (χ3v) is 15.3. The minimum atomic E-state index is -5.08. The maximum atomic E-state index is 13.4. The second-order valence-corrected chi connectivity index (χ2v) is 22.4. The van der Waals surface area contributed by atoms with E-state index in [1.165, 1.54) is 24.1 Å². The van der Waals surface area contributed by atoms with Crippen LogP contribution in [0, 0.1) is 5.92 Å². The molecule has 4 aromatic rings. The smallest absolute Gasteiger partial charge is 0.475 e. The topological polar surface area (TPSA) is 542 Å². The summed E-state index contributed by atoms with van der Waals surface area (Å²) in [5, 5.41) is 19.1. The summed E-state index contributed by atoms with van der Waals surface area (Å²) >= 11 is 8.21. The number of pyridine rings is 1. The largest absolute Gasteiger partial charge is 0.490 e. The number of nitrogens with zero attached hydrogens (tertiary/aromatic N) is 6. The molecule has 6 rings (SSSR count). The van der Waals surface area contributed by atoms with E-state index in [1.54, 1.807) is 10.6 Å². The molecule has 5 atom stereocenters. The zero-order valence-electron chi connectivity index (χ0n) is 49.4. The number of amides is 6. The van der Waals surface area contributed by atoms with E-state index in [-0.39, 0.29) is 153 Å². The van der Waals surface area contributed by atoms with Gasteiger partial charge in [0.15, 0.2) is 28.4 Å². The van der Waals surface area contributed by atoms with Crippen LogP contribution in [0.1, 0.15) is 77.6 Å². The Morgan fingerprint density at radius 3 is 2.11 bits per heavy atom. The highest BCUT2D eigenvalue weighted by molar-refractivity contribution is 8.00. The average Bonchev–Trinajstić information content (AvgIpc) is 1.73. The molecule has 6 amide bonds. The highest BCUT2D eigenvalue weighted by Crippen LogP contribution is 2.33. The number of carbonyl (C=O) groups excluding carboxylic acids is 8. The molecule has 0 aliphatic carbocycles. The molecule has 0 aromatic carbocycles. The predicted molar refractivity (Wildman–Crippen MR) is 327 cm³/mol. The van der Waals surface area contributed by atoms with Crippen LogP contribution >= 0.6 is 35.1 Å². The highest BCUT2D eigenvalue weighted by atomic mass is 35.5. The lowest BCUT2D eigenvalue weighted by Gasteiger charge is -2.20. The number of aliphatic carboxylic acids is 1. The number of imidazole rings is 2. The number of halogens is 4. The molecular weight excluding hydrogens is 1280 g/mol. The molecule has 6 heterocycles. The first-order chi connectivity index (χ1) is 43.1. The third kappa shape index (κ3) is 29.8. The molecule has 2 fully saturated rings. The number of fused-ring (bicyclic) bond motifs is 3. The number of carbonyl (C=O) groups is 9. The van der Waals surface area contributed by atoms with Crippen LogP contribution in [-0.4, -0.2) is 191 Å². The van der Waals surface area contributed by atoms with E-state index >= 15 is 0 Å². The number of aliphatic imine (C=N–C) groups is 1. The molecule has 0 bridgehead atoms. The lowest BCUT2D eigenvalue weighted by molar-refractivity contribution is -0.192. The van der Waals surface area contributed by atoms with Crippen molar-refractivity contribution in [3.05, 3.63) is 39.4 Å². The predicted octanol–water partition coefficient (Wildman–Crippen LogP) is -0.858. The number of ketones is 1. The fraction of sp³-hybridized carbons (Fsp3) is 0.588. The Hall–Kier alpha value is -8.43. The number of ether oxygens (including phenoxy) is 4. The van der Waals surface area contributed by atoms with Gasteiger partial charge >= 0.3 is 30.1 Å². The summed E-state index contributed by atoms with van der Waals surface area (Å²) in [5.74, 6) is -5.71. The molecule has 2 aliphatic rings. The van der Waals surface area contributed by atoms with Crippen molar-refractivity contribution in [2.75, 3.05) is 74.1 Å². The van der Waals surface area contributed by atoms with Gasteiger partial charge in [0.05, 0.1) is 61.2 Å². The monoisotopic (exact) mass is 1350 g/mol. The number of unbranched alkanes of at least 4 members (excludes halogenated alkanes) is 3. The quantitative estimate of drug-likeness (QED) is 0.00666. The fourth-order valence-electron chi connectivity index (χ4n) is 8.27. The number of H-pyrrole nitrogens is 2. The first-order valence-corrected chi connectivity index (χ1v) is 30.7. The van der Waals surface area contributed by atoms with E-state index in [4.69, 9.17) is 69.1 Å². The van der Waals surface area contributed by atoms with Crippen molar-refractivity contribution in [2.24, 2.45) is 33.8 Å². The Labute approximate surface area is 530 Å². The standard InChI is InChI=1S/C37H58N12O9S2.C10H12ClN5O4.C2HF3O2.C2H5NO/c38-28-16-25-33(35(55)47-28)44-20-49(25)21-57-13-14-58-31(53)19-59-17-22(34(39)54)15-26(50)23(7-6-12-43-36(40)41)45-30(52)10-2-1-5-11-42-29(51)9-4-3-8-27-32-24(18-60-27)46-37(56)48-32;11-3-6(17)20-2-1-19-5-16-4-13-7-8(16)14-10(12)15-9(7)18;3-2(4,5)1(6)7;1-2(3)4/h16,20,22-24,27,32H,1-15,17-19,21H2,(H2,39,54)(H,42,51)(H,45,52)(H3,38,47,55)(H4,40,41,43)(H2,46,48,56);4H,1-3,5H2,(H3,12,14,15,18);(H,6,7);1H3,(H2,3,4)/t22-,23?,24-,27-,32-;;;/m0.../s1. The maximum absolute atomic E-state index is 13.4. The number of nitrogen functional groups attached to an aromatic ring is 2. The molecule has 0 radical (unpaired) electrons.